The van der Waals surface area contributed by atoms with E-state index in [1.54, 1.807) is 7.05 Å². The third-order valence-corrected chi connectivity index (χ3v) is 3.43. The molecule has 1 aliphatic rings. The van der Waals surface area contributed by atoms with Gasteiger partial charge in [0.25, 0.3) is 0 Å². The Hall–Kier alpha value is -1.06. The molecule has 1 saturated carbocycles. The lowest BCUT2D eigenvalue weighted by molar-refractivity contribution is -0.121. The van der Waals surface area contributed by atoms with Gasteiger partial charge in [0, 0.05) is 0 Å². The first-order valence-corrected chi connectivity index (χ1v) is 6.30. The van der Waals surface area contributed by atoms with Crippen molar-refractivity contribution in [1.82, 2.24) is 10.6 Å². The molecule has 0 bridgehead atoms. The number of likely N-dealkylation sites (N-methyl/N-ethyl adjacent to an activating group) is 1. The van der Waals surface area contributed by atoms with Gasteiger partial charge in [-0.15, -0.1) is 12.4 Å². The Balaban J connectivity index is 0.00000162. The molecule has 0 aliphatic heterocycles. The van der Waals surface area contributed by atoms with Crippen LogP contribution in [-0.2, 0) is 4.79 Å². The maximum atomic E-state index is 11.7. The van der Waals surface area contributed by atoms with E-state index in [-0.39, 0.29) is 24.4 Å². The van der Waals surface area contributed by atoms with E-state index in [2.05, 4.69) is 22.8 Å². The highest BCUT2D eigenvalue weighted by atomic mass is 35.5. The standard InChI is InChI=1S/C14H20N2O.ClH/c1-15-10-13(17)16-14(12-8-5-9-12)11-6-3-2-4-7-11;/h2-4,6-7,12,14-15H,5,8-10H2,1H3,(H,16,17);1H. The minimum Gasteiger partial charge on any atom is -0.348 e. The summed E-state index contributed by atoms with van der Waals surface area (Å²) in [5, 5.41) is 6.02. The number of halogens is 1. The SMILES string of the molecule is CNCC(=O)NC(c1ccccc1)C1CCC1.Cl. The van der Waals surface area contributed by atoms with E-state index in [1.807, 2.05) is 18.2 Å². The molecule has 0 saturated heterocycles. The first-order valence-electron chi connectivity index (χ1n) is 6.30. The van der Waals surface area contributed by atoms with Crippen LogP contribution in [0, 0.1) is 5.92 Å². The molecule has 1 amide bonds. The molecule has 1 aliphatic carbocycles. The first kappa shape index (κ1) is 15.0. The van der Waals surface area contributed by atoms with Crippen molar-refractivity contribution in [2.24, 2.45) is 5.92 Å². The highest BCUT2D eigenvalue weighted by Gasteiger charge is 2.29. The Morgan fingerprint density at radius 3 is 2.50 bits per heavy atom. The van der Waals surface area contributed by atoms with Crippen molar-refractivity contribution in [2.75, 3.05) is 13.6 Å². The zero-order valence-corrected chi connectivity index (χ0v) is 11.5. The van der Waals surface area contributed by atoms with Gasteiger partial charge in [0.05, 0.1) is 12.6 Å². The molecule has 2 N–H and O–H groups in total. The molecule has 1 aromatic carbocycles. The van der Waals surface area contributed by atoms with Crippen LogP contribution in [0.4, 0.5) is 0 Å². The average Bonchev–Trinajstić information content (AvgIpc) is 2.27. The molecule has 4 heteroatoms. The number of benzene rings is 1. The van der Waals surface area contributed by atoms with Crippen LogP contribution in [0.5, 0.6) is 0 Å². The second kappa shape index (κ2) is 7.39. The Labute approximate surface area is 115 Å². The summed E-state index contributed by atoms with van der Waals surface area (Å²) in [4.78, 5) is 11.7. The molecule has 0 heterocycles. The maximum absolute atomic E-state index is 11.7. The summed E-state index contributed by atoms with van der Waals surface area (Å²) < 4.78 is 0. The summed E-state index contributed by atoms with van der Waals surface area (Å²) in [5.74, 6) is 0.687. The molecule has 1 fully saturated rings. The zero-order valence-electron chi connectivity index (χ0n) is 10.7. The lowest BCUT2D eigenvalue weighted by Crippen LogP contribution is -2.39. The zero-order chi connectivity index (χ0) is 12.1. The molecule has 0 radical (unpaired) electrons. The molecule has 3 nitrogen and oxygen atoms in total. The summed E-state index contributed by atoms with van der Waals surface area (Å²) in [7, 11) is 1.79. The Bertz CT molecular complexity index is 365. The van der Waals surface area contributed by atoms with Crippen molar-refractivity contribution in [3.63, 3.8) is 0 Å². The minimum atomic E-state index is 0. The molecule has 1 atom stereocenters. The van der Waals surface area contributed by atoms with Crippen LogP contribution in [0.25, 0.3) is 0 Å². The van der Waals surface area contributed by atoms with Crippen molar-refractivity contribution in [3.05, 3.63) is 35.9 Å². The van der Waals surface area contributed by atoms with Gasteiger partial charge >= 0.3 is 0 Å². The van der Waals surface area contributed by atoms with E-state index < -0.39 is 0 Å². The summed E-state index contributed by atoms with van der Waals surface area (Å²) >= 11 is 0. The van der Waals surface area contributed by atoms with Crippen LogP contribution < -0.4 is 10.6 Å². The minimum absolute atomic E-state index is 0. The quantitative estimate of drug-likeness (QED) is 0.860. The molecular formula is C14H21ClN2O. The van der Waals surface area contributed by atoms with E-state index >= 15 is 0 Å². The summed E-state index contributed by atoms with van der Waals surface area (Å²) in [6, 6.07) is 10.5. The van der Waals surface area contributed by atoms with Crippen LogP contribution in [0.15, 0.2) is 30.3 Å². The van der Waals surface area contributed by atoms with Crippen LogP contribution in [0.2, 0.25) is 0 Å². The molecule has 100 valence electrons. The molecule has 18 heavy (non-hydrogen) atoms. The van der Waals surface area contributed by atoms with Gasteiger partial charge in [-0.2, -0.15) is 0 Å². The predicted octanol–water partition coefficient (Wildman–Crippen LogP) is 2.29. The van der Waals surface area contributed by atoms with Crippen molar-refractivity contribution in [3.8, 4) is 0 Å². The van der Waals surface area contributed by atoms with Gasteiger partial charge in [0.1, 0.15) is 0 Å². The fourth-order valence-corrected chi connectivity index (χ4v) is 2.29. The highest BCUT2D eigenvalue weighted by molar-refractivity contribution is 5.85. The number of carbonyl (C=O) groups excluding carboxylic acids is 1. The Morgan fingerprint density at radius 1 is 1.33 bits per heavy atom. The number of nitrogens with one attached hydrogen (secondary N) is 2. The van der Waals surface area contributed by atoms with Gasteiger partial charge in [0.15, 0.2) is 0 Å². The normalized spacial score (nSPS) is 16.3. The molecule has 1 aromatic rings. The number of rotatable bonds is 5. The average molecular weight is 269 g/mol. The van der Waals surface area contributed by atoms with Gasteiger partial charge in [-0.1, -0.05) is 36.8 Å². The van der Waals surface area contributed by atoms with E-state index in [4.69, 9.17) is 0 Å². The lowest BCUT2D eigenvalue weighted by Gasteiger charge is -2.34. The fraction of sp³-hybridized carbons (Fsp3) is 0.500. The molecular weight excluding hydrogens is 248 g/mol. The van der Waals surface area contributed by atoms with Gasteiger partial charge in [0.2, 0.25) is 5.91 Å². The van der Waals surface area contributed by atoms with Crippen LogP contribution in [-0.4, -0.2) is 19.5 Å². The van der Waals surface area contributed by atoms with Crippen LogP contribution in [0.1, 0.15) is 30.9 Å². The lowest BCUT2D eigenvalue weighted by atomic mass is 9.77. The van der Waals surface area contributed by atoms with E-state index in [0.717, 1.165) is 0 Å². The first-order chi connectivity index (χ1) is 8.31. The van der Waals surface area contributed by atoms with Crippen molar-refractivity contribution in [2.45, 2.75) is 25.3 Å². The summed E-state index contributed by atoms with van der Waals surface area (Å²) in [6.07, 6.45) is 3.73. The smallest absolute Gasteiger partial charge is 0.234 e. The third kappa shape index (κ3) is 3.72. The van der Waals surface area contributed by atoms with Gasteiger partial charge in [-0.05, 0) is 31.4 Å². The molecule has 0 aromatic heterocycles. The largest absolute Gasteiger partial charge is 0.348 e. The van der Waals surface area contributed by atoms with Gasteiger partial charge in [-0.3, -0.25) is 4.79 Å². The number of hydrogen-bond donors (Lipinski definition) is 2. The Morgan fingerprint density at radius 2 is 2.00 bits per heavy atom. The van der Waals surface area contributed by atoms with Crippen LogP contribution >= 0.6 is 12.4 Å². The molecule has 2 rings (SSSR count). The predicted molar refractivity (Wildman–Crippen MR) is 75.8 cm³/mol. The van der Waals surface area contributed by atoms with Gasteiger partial charge < -0.3 is 10.6 Å². The summed E-state index contributed by atoms with van der Waals surface area (Å²) in [6.45, 7) is 0.385. The fourth-order valence-electron chi connectivity index (χ4n) is 2.29. The molecule has 0 spiro atoms. The van der Waals surface area contributed by atoms with Gasteiger partial charge in [-0.25, -0.2) is 0 Å². The van der Waals surface area contributed by atoms with Crippen molar-refractivity contribution >= 4 is 18.3 Å². The second-order valence-corrected chi connectivity index (χ2v) is 4.68. The van der Waals surface area contributed by atoms with E-state index in [9.17, 15) is 4.79 Å². The number of amides is 1. The van der Waals surface area contributed by atoms with Crippen molar-refractivity contribution in [1.29, 1.82) is 0 Å². The second-order valence-electron chi connectivity index (χ2n) is 4.68. The monoisotopic (exact) mass is 268 g/mol. The number of hydrogen-bond acceptors (Lipinski definition) is 2. The molecule has 1 unspecified atom stereocenters. The topological polar surface area (TPSA) is 41.1 Å². The van der Waals surface area contributed by atoms with Crippen LogP contribution in [0.3, 0.4) is 0 Å². The highest BCUT2D eigenvalue weighted by Crippen LogP contribution is 2.37. The maximum Gasteiger partial charge on any atom is 0.234 e. The van der Waals surface area contributed by atoms with E-state index in [0.29, 0.717) is 12.5 Å². The third-order valence-electron chi connectivity index (χ3n) is 3.43. The number of carbonyl (C=O) groups is 1. The van der Waals surface area contributed by atoms with Crippen molar-refractivity contribution < 1.29 is 4.79 Å². The Kier molecular flexibility index (Phi) is 6.16. The van der Waals surface area contributed by atoms with E-state index in [1.165, 1.54) is 24.8 Å². The summed E-state index contributed by atoms with van der Waals surface area (Å²) in [5.41, 5.74) is 1.22.